The fourth-order valence-corrected chi connectivity index (χ4v) is 2.74. The van der Waals surface area contributed by atoms with Crippen LogP contribution in [0.2, 0.25) is 0 Å². The molecular weight excluding hydrogens is 268 g/mol. The van der Waals surface area contributed by atoms with Crippen LogP contribution in [-0.2, 0) is 6.54 Å². The Morgan fingerprint density at radius 1 is 1.29 bits per heavy atom. The van der Waals surface area contributed by atoms with Crippen LogP contribution in [0.25, 0.3) is 0 Å². The van der Waals surface area contributed by atoms with Gasteiger partial charge in [0.2, 0.25) is 0 Å². The summed E-state index contributed by atoms with van der Waals surface area (Å²) in [6, 6.07) is 6.58. The number of hydrogen-bond donors (Lipinski definition) is 3. The maximum Gasteiger partial charge on any atom is 0.335 e. The molecule has 5 heteroatoms. The van der Waals surface area contributed by atoms with Gasteiger partial charge in [-0.1, -0.05) is 26.0 Å². The van der Waals surface area contributed by atoms with Gasteiger partial charge in [-0.15, -0.1) is 0 Å². The highest BCUT2D eigenvalue weighted by atomic mass is 16.4. The van der Waals surface area contributed by atoms with Gasteiger partial charge in [0.1, 0.15) is 0 Å². The van der Waals surface area contributed by atoms with E-state index in [9.17, 15) is 9.59 Å². The van der Waals surface area contributed by atoms with Gasteiger partial charge in [-0.05, 0) is 42.4 Å². The van der Waals surface area contributed by atoms with E-state index in [1.54, 1.807) is 12.1 Å². The predicted molar refractivity (Wildman–Crippen MR) is 80.2 cm³/mol. The van der Waals surface area contributed by atoms with E-state index in [0.717, 1.165) is 24.8 Å². The third kappa shape index (κ3) is 4.48. The number of hydrogen-bond acceptors (Lipinski definition) is 2. The van der Waals surface area contributed by atoms with Crippen LogP contribution in [0, 0.1) is 5.41 Å². The van der Waals surface area contributed by atoms with Crippen LogP contribution in [0.1, 0.15) is 49.0 Å². The Labute approximate surface area is 124 Å². The first kappa shape index (κ1) is 15.4. The lowest BCUT2D eigenvalue weighted by Gasteiger charge is -2.18. The van der Waals surface area contributed by atoms with Crippen molar-refractivity contribution < 1.29 is 14.7 Å². The average Bonchev–Trinajstić information content (AvgIpc) is 2.76. The van der Waals surface area contributed by atoms with Crippen LogP contribution >= 0.6 is 0 Å². The molecule has 2 rings (SSSR count). The normalized spacial score (nSPS) is 20.0. The summed E-state index contributed by atoms with van der Waals surface area (Å²) < 4.78 is 0. The maximum absolute atomic E-state index is 11.8. The molecule has 1 aliphatic rings. The lowest BCUT2D eigenvalue weighted by atomic mass is 9.92. The highest BCUT2D eigenvalue weighted by Gasteiger charge is 2.31. The topological polar surface area (TPSA) is 78.4 Å². The molecule has 0 radical (unpaired) electrons. The van der Waals surface area contributed by atoms with Crippen LogP contribution in [0.4, 0.5) is 4.79 Å². The van der Waals surface area contributed by atoms with Gasteiger partial charge in [0.15, 0.2) is 0 Å². The molecule has 0 bridgehead atoms. The van der Waals surface area contributed by atoms with E-state index in [-0.39, 0.29) is 17.6 Å². The van der Waals surface area contributed by atoms with Crippen molar-refractivity contribution in [2.75, 3.05) is 0 Å². The first-order valence-electron chi connectivity index (χ1n) is 7.22. The fraction of sp³-hybridized carbons (Fsp3) is 0.500. The van der Waals surface area contributed by atoms with E-state index >= 15 is 0 Å². The lowest BCUT2D eigenvalue weighted by molar-refractivity contribution is 0.0697. The number of carboxylic acid groups (broad SMARTS) is 1. The van der Waals surface area contributed by atoms with Gasteiger partial charge in [-0.3, -0.25) is 0 Å². The van der Waals surface area contributed by atoms with Crippen LogP contribution < -0.4 is 10.6 Å². The highest BCUT2D eigenvalue weighted by Crippen LogP contribution is 2.36. The van der Waals surface area contributed by atoms with Crippen LogP contribution in [0.5, 0.6) is 0 Å². The summed E-state index contributed by atoms with van der Waals surface area (Å²) in [7, 11) is 0. The number of carbonyl (C=O) groups is 2. The third-order valence-electron chi connectivity index (χ3n) is 3.96. The summed E-state index contributed by atoms with van der Waals surface area (Å²) in [6.07, 6.45) is 3.16. The van der Waals surface area contributed by atoms with Crippen molar-refractivity contribution in [2.45, 2.75) is 45.7 Å². The van der Waals surface area contributed by atoms with Gasteiger partial charge in [-0.2, -0.15) is 0 Å². The van der Waals surface area contributed by atoms with Crippen molar-refractivity contribution in [1.82, 2.24) is 10.6 Å². The second-order valence-corrected chi connectivity index (χ2v) is 6.43. The standard InChI is InChI=1S/C16H22N2O3/c1-16(2)8-7-13(9-16)18-15(21)17-10-11-3-5-12(6-4-11)14(19)20/h3-6,13H,7-10H2,1-2H3,(H,19,20)(H2,17,18,21). The van der Waals surface area contributed by atoms with E-state index in [4.69, 9.17) is 5.11 Å². The molecule has 5 nitrogen and oxygen atoms in total. The average molecular weight is 290 g/mol. The molecule has 1 saturated carbocycles. The molecule has 0 spiro atoms. The van der Waals surface area contributed by atoms with Crippen molar-refractivity contribution in [2.24, 2.45) is 5.41 Å². The van der Waals surface area contributed by atoms with Gasteiger partial charge in [0.25, 0.3) is 0 Å². The summed E-state index contributed by atoms with van der Waals surface area (Å²) in [5.74, 6) is -0.948. The Bertz CT molecular complexity index is 523. The van der Waals surface area contributed by atoms with E-state index in [1.807, 2.05) is 0 Å². The monoisotopic (exact) mass is 290 g/mol. The minimum absolute atomic E-state index is 0.167. The molecule has 0 heterocycles. The quantitative estimate of drug-likeness (QED) is 0.798. The van der Waals surface area contributed by atoms with Crippen LogP contribution in [0.15, 0.2) is 24.3 Å². The highest BCUT2D eigenvalue weighted by molar-refractivity contribution is 5.87. The zero-order chi connectivity index (χ0) is 15.5. The first-order valence-corrected chi connectivity index (χ1v) is 7.22. The molecule has 1 unspecified atom stereocenters. The largest absolute Gasteiger partial charge is 0.478 e. The van der Waals surface area contributed by atoms with E-state index < -0.39 is 5.97 Å². The summed E-state index contributed by atoms with van der Waals surface area (Å²) in [5.41, 5.74) is 1.43. The zero-order valence-corrected chi connectivity index (χ0v) is 12.5. The number of amides is 2. The van der Waals surface area contributed by atoms with Gasteiger partial charge < -0.3 is 15.7 Å². The molecule has 1 aromatic carbocycles. The van der Waals surface area contributed by atoms with Crippen molar-refractivity contribution in [3.63, 3.8) is 0 Å². The molecule has 1 aromatic rings. The van der Waals surface area contributed by atoms with Crippen molar-refractivity contribution in [3.8, 4) is 0 Å². The molecule has 3 N–H and O–H groups in total. The number of urea groups is 1. The zero-order valence-electron chi connectivity index (χ0n) is 12.5. The van der Waals surface area contributed by atoms with Gasteiger partial charge >= 0.3 is 12.0 Å². The molecule has 2 amide bonds. The van der Waals surface area contributed by atoms with E-state index in [2.05, 4.69) is 24.5 Å². The Kier molecular flexibility index (Phi) is 4.50. The van der Waals surface area contributed by atoms with Crippen molar-refractivity contribution in [3.05, 3.63) is 35.4 Å². The second kappa shape index (κ2) is 6.16. The summed E-state index contributed by atoms with van der Waals surface area (Å²) in [4.78, 5) is 22.6. The Hall–Kier alpha value is -2.04. The molecule has 0 aliphatic heterocycles. The van der Waals surface area contributed by atoms with E-state index in [1.165, 1.54) is 12.1 Å². The SMILES string of the molecule is CC1(C)CCC(NC(=O)NCc2ccc(C(=O)O)cc2)C1. The van der Waals surface area contributed by atoms with E-state index in [0.29, 0.717) is 12.0 Å². The maximum atomic E-state index is 11.8. The lowest BCUT2D eigenvalue weighted by Crippen LogP contribution is -2.40. The molecule has 0 aromatic heterocycles. The van der Waals surface area contributed by atoms with Crippen LogP contribution in [-0.4, -0.2) is 23.1 Å². The third-order valence-corrected chi connectivity index (χ3v) is 3.96. The summed E-state index contributed by atoms with van der Waals surface area (Å²) in [5, 5.41) is 14.6. The van der Waals surface area contributed by atoms with Crippen LogP contribution in [0.3, 0.4) is 0 Å². The van der Waals surface area contributed by atoms with Gasteiger partial charge in [0, 0.05) is 12.6 Å². The molecule has 1 fully saturated rings. The Balaban J connectivity index is 1.77. The number of nitrogens with one attached hydrogen (secondary N) is 2. The molecular formula is C16H22N2O3. The molecule has 114 valence electrons. The van der Waals surface area contributed by atoms with Crippen molar-refractivity contribution in [1.29, 1.82) is 0 Å². The number of benzene rings is 1. The predicted octanol–water partition coefficient (Wildman–Crippen LogP) is 2.76. The first-order chi connectivity index (χ1) is 9.85. The summed E-state index contributed by atoms with van der Waals surface area (Å²) in [6.45, 7) is 4.83. The molecule has 1 aliphatic carbocycles. The molecule has 1 atom stereocenters. The Morgan fingerprint density at radius 3 is 2.48 bits per heavy atom. The number of carboxylic acids is 1. The van der Waals surface area contributed by atoms with Gasteiger partial charge in [0.05, 0.1) is 5.56 Å². The Morgan fingerprint density at radius 2 is 1.95 bits per heavy atom. The number of rotatable bonds is 4. The number of carbonyl (C=O) groups excluding carboxylic acids is 1. The minimum atomic E-state index is -0.948. The molecule has 21 heavy (non-hydrogen) atoms. The second-order valence-electron chi connectivity index (χ2n) is 6.43. The summed E-state index contributed by atoms with van der Waals surface area (Å²) >= 11 is 0. The smallest absolute Gasteiger partial charge is 0.335 e. The number of aromatic carboxylic acids is 1. The molecule has 0 saturated heterocycles. The minimum Gasteiger partial charge on any atom is -0.478 e. The fourth-order valence-electron chi connectivity index (χ4n) is 2.74. The van der Waals surface area contributed by atoms with Crippen molar-refractivity contribution >= 4 is 12.0 Å². The van der Waals surface area contributed by atoms with Gasteiger partial charge in [-0.25, -0.2) is 9.59 Å².